The molecule has 11 heteroatoms. The number of hydrogen-bond acceptors (Lipinski definition) is 8. The zero-order chi connectivity index (χ0) is 22.7. The van der Waals surface area contributed by atoms with E-state index in [1.807, 2.05) is 0 Å². The number of nitrogens with two attached hydrogens (primary N) is 1. The zero-order valence-corrected chi connectivity index (χ0v) is 17.9. The van der Waals surface area contributed by atoms with Crippen LogP contribution in [0.2, 0.25) is 0 Å². The van der Waals surface area contributed by atoms with Gasteiger partial charge in [0.15, 0.2) is 5.13 Å². The molecule has 1 atom stereocenters. The van der Waals surface area contributed by atoms with Gasteiger partial charge in [-0.3, -0.25) is 9.59 Å². The summed E-state index contributed by atoms with van der Waals surface area (Å²) in [4.78, 5) is 33.3. The molecule has 4 rings (SSSR count). The molecule has 0 bridgehead atoms. The highest BCUT2D eigenvalue weighted by molar-refractivity contribution is 7.17. The maximum Gasteiger partial charge on any atom is 0.267 e. The van der Waals surface area contributed by atoms with Crippen LogP contribution in [0.3, 0.4) is 0 Å². The third kappa shape index (κ3) is 5.01. The highest BCUT2D eigenvalue weighted by Gasteiger charge is 2.19. The SMILES string of the molecule is Cc1cc(F)c(C(=O)Nc2ccc(O[C@@H]3CCOC3)cn2)cc1NC(=O)c1cnc(N)s1. The van der Waals surface area contributed by atoms with E-state index < -0.39 is 17.6 Å². The number of aromatic nitrogens is 2. The molecule has 0 unspecified atom stereocenters. The number of halogens is 1. The number of nitrogens with zero attached hydrogens (tertiary/aromatic N) is 2. The molecule has 166 valence electrons. The quantitative estimate of drug-likeness (QED) is 0.518. The number of anilines is 3. The fourth-order valence-corrected chi connectivity index (χ4v) is 3.64. The second-order valence-electron chi connectivity index (χ2n) is 7.10. The number of carbonyl (C=O) groups is 2. The van der Waals surface area contributed by atoms with Crippen molar-refractivity contribution in [3.05, 3.63) is 58.5 Å². The standard InChI is InChI=1S/C21H20FN5O4S/c1-11-6-15(22)14(7-16(11)26-20(29)17-9-25-21(23)32-17)19(28)27-18-3-2-12(8-24-18)31-13-4-5-30-10-13/h2-3,6-9,13H,4-5,10H2,1H3,(H2,23,25)(H,26,29)(H,24,27,28)/t13-/m1/s1. The molecule has 1 fully saturated rings. The molecule has 0 radical (unpaired) electrons. The maximum absolute atomic E-state index is 14.5. The van der Waals surface area contributed by atoms with Crippen LogP contribution in [0.15, 0.2) is 36.7 Å². The fourth-order valence-electron chi connectivity index (χ4n) is 3.06. The molecule has 2 aromatic heterocycles. The van der Waals surface area contributed by atoms with Crippen LogP contribution >= 0.6 is 11.3 Å². The summed E-state index contributed by atoms with van der Waals surface area (Å²) in [7, 11) is 0. The van der Waals surface area contributed by atoms with E-state index in [9.17, 15) is 14.0 Å². The highest BCUT2D eigenvalue weighted by atomic mass is 32.1. The second kappa shape index (κ2) is 9.28. The number of ether oxygens (including phenoxy) is 2. The van der Waals surface area contributed by atoms with E-state index >= 15 is 0 Å². The van der Waals surface area contributed by atoms with Crippen LogP contribution in [-0.4, -0.2) is 41.1 Å². The second-order valence-corrected chi connectivity index (χ2v) is 8.16. The number of aryl methyl sites for hydroxylation is 1. The summed E-state index contributed by atoms with van der Waals surface area (Å²) in [5.74, 6) is -1.10. The van der Waals surface area contributed by atoms with Crippen molar-refractivity contribution in [2.24, 2.45) is 0 Å². The molecule has 0 aliphatic carbocycles. The lowest BCUT2D eigenvalue weighted by molar-refractivity contribution is 0.101. The molecule has 1 aliphatic heterocycles. The molecule has 0 saturated carbocycles. The van der Waals surface area contributed by atoms with E-state index in [0.717, 1.165) is 17.8 Å². The Labute approximate surface area is 186 Å². The van der Waals surface area contributed by atoms with Crippen LogP contribution in [0.1, 0.15) is 32.0 Å². The van der Waals surface area contributed by atoms with E-state index in [4.69, 9.17) is 15.2 Å². The van der Waals surface area contributed by atoms with Crippen LogP contribution in [0.5, 0.6) is 5.75 Å². The number of amides is 2. The molecule has 1 aromatic carbocycles. The minimum Gasteiger partial charge on any atom is -0.486 e. The maximum atomic E-state index is 14.5. The van der Waals surface area contributed by atoms with Crippen molar-refractivity contribution < 1.29 is 23.5 Å². The van der Waals surface area contributed by atoms with Gasteiger partial charge in [0.2, 0.25) is 0 Å². The summed E-state index contributed by atoms with van der Waals surface area (Å²) < 4.78 is 25.5. The number of nitrogens with one attached hydrogen (secondary N) is 2. The van der Waals surface area contributed by atoms with Crippen molar-refractivity contribution in [2.75, 3.05) is 29.6 Å². The Bertz CT molecular complexity index is 1150. The number of nitrogen functional groups attached to an aromatic ring is 1. The van der Waals surface area contributed by atoms with Crippen LogP contribution < -0.4 is 21.1 Å². The summed E-state index contributed by atoms with van der Waals surface area (Å²) in [5.41, 5.74) is 6.07. The molecule has 1 saturated heterocycles. The van der Waals surface area contributed by atoms with Crippen molar-refractivity contribution >= 4 is 39.8 Å². The predicted molar refractivity (Wildman–Crippen MR) is 118 cm³/mol. The number of rotatable bonds is 6. The summed E-state index contributed by atoms with van der Waals surface area (Å²) in [6.07, 6.45) is 3.61. The van der Waals surface area contributed by atoms with Crippen molar-refractivity contribution in [3.63, 3.8) is 0 Å². The van der Waals surface area contributed by atoms with Gasteiger partial charge in [-0.05, 0) is 36.8 Å². The summed E-state index contributed by atoms with van der Waals surface area (Å²) in [5, 5.41) is 5.46. The van der Waals surface area contributed by atoms with E-state index in [0.29, 0.717) is 35.1 Å². The van der Waals surface area contributed by atoms with Crippen molar-refractivity contribution in [2.45, 2.75) is 19.4 Å². The number of pyridine rings is 1. The first-order valence-corrected chi connectivity index (χ1v) is 10.6. The highest BCUT2D eigenvalue weighted by Crippen LogP contribution is 2.24. The third-order valence-corrected chi connectivity index (χ3v) is 5.55. The predicted octanol–water partition coefficient (Wildman–Crippen LogP) is 3.24. The van der Waals surface area contributed by atoms with Crippen LogP contribution in [0.4, 0.5) is 21.0 Å². The molecule has 2 amide bonds. The number of hydrogen-bond donors (Lipinski definition) is 3. The third-order valence-electron chi connectivity index (χ3n) is 4.72. The minimum atomic E-state index is -0.721. The van der Waals surface area contributed by atoms with E-state index in [2.05, 4.69) is 20.6 Å². The first kappa shape index (κ1) is 21.7. The lowest BCUT2D eigenvalue weighted by atomic mass is 10.1. The molecule has 3 heterocycles. The largest absolute Gasteiger partial charge is 0.486 e. The Kier molecular flexibility index (Phi) is 6.28. The Morgan fingerprint density at radius 3 is 2.72 bits per heavy atom. The van der Waals surface area contributed by atoms with Crippen LogP contribution in [0.25, 0.3) is 0 Å². The zero-order valence-electron chi connectivity index (χ0n) is 17.1. The molecule has 3 aromatic rings. The van der Waals surface area contributed by atoms with Gasteiger partial charge in [-0.2, -0.15) is 0 Å². The van der Waals surface area contributed by atoms with E-state index in [1.165, 1.54) is 24.5 Å². The average molecular weight is 457 g/mol. The lowest BCUT2D eigenvalue weighted by Crippen LogP contribution is -2.18. The van der Waals surface area contributed by atoms with Crippen LogP contribution in [-0.2, 0) is 4.74 Å². The van der Waals surface area contributed by atoms with Crippen LogP contribution in [0, 0.1) is 12.7 Å². The van der Waals surface area contributed by atoms with Gasteiger partial charge in [0.05, 0.1) is 31.2 Å². The molecule has 9 nitrogen and oxygen atoms in total. The van der Waals surface area contributed by atoms with E-state index in [1.54, 1.807) is 19.1 Å². The first-order valence-electron chi connectivity index (χ1n) is 9.73. The monoisotopic (exact) mass is 457 g/mol. The molecular formula is C21H20FN5O4S. The topological polar surface area (TPSA) is 128 Å². The number of carbonyl (C=O) groups excluding carboxylic acids is 2. The molecular weight excluding hydrogens is 437 g/mol. The normalized spacial score (nSPS) is 15.4. The molecule has 0 spiro atoms. The van der Waals surface area contributed by atoms with Gasteiger partial charge in [-0.25, -0.2) is 14.4 Å². The molecule has 32 heavy (non-hydrogen) atoms. The van der Waals surface area contributed by atoms with Crippen molar-refractivity contribution in [1.29, 1.82) is 0 Å². The van der Waals surface area contributed by atoms with Gasteiger partial charge in [-0.1, -0.05) is 11.3 Å². The Morgan fingerprint density at radius 2 is 2.06 bits per heavy atom. The van der Waals surface area contributed by atoms with E-state index in [-0.39, 0.29) is 22.6 Å². The van der Waals surface area contributed by atoms with Gasteiger partial charge in [0.1, 0.15) is 28.4 Å². The minimum absolute atomic E-state index is 0.0195. The first-order chi connectivity index (χ1) is 15.4. The average Bonchev–Trinajstić information content (AvgIpc) is 3.43. The molecule has 1 aliphatic rings. The van der Waals surface area contributed by atoms with Crippen molar-refractivity contribution in [1.82, 2.24) is 9.97 Å². The van der Waals surface area contributed by atoms with Gasteiger partial charge in [0, 0.05) is 12.1 Å². The summed E-state index contributed by atoms with van der Waals surface area (Å²) >= 11 is 1.02. The van der Waals surface area contributed by atoms with Gasteiger partial charge in [-0.15, -0.1) is 0 Å². The number of benzene rings is 1. The lowest BCUT2D eigenvalue weighted by Gasteiger charge is -2.13. The van der Waals surface area contributed by atoms with Gasteiger partial charge < -0.3 is 25.8 Å². The van der Waals surface area contributed by atoms with Gasteiger partial charge >= 0.3 is 0 Å². The Morgan fingerprint density at radius 1 is 1.22 bits per heavy atom. The van der Waals surface area contributed by atoms with Gasteiger partial charge in [0.25, 0.3) is 11.8 Å². The fraction of sp³-hybridized carbons (Fsp3) is 0.238. The Balaban J connectivity index is 1.45. The number of thiazole rings is 1. The molecule has 4 N–H and O–H groups in total. The summed E-state index contributed by atoms with van der Waals surface area (Å²) in [6.45, 7) is 2.81. The smallest absolute Gasteiger partial charge is 0.267 e. The summed E-state index contributed by atoms with van der Waals surface area (Å²) in [6, 6.07) is 5.68. The van der Waals surface area contributed by atoms with Crippen molar-refractivity contribution in [3.8, 4) is 5.75 Å². The Hall–Kier alpha value is -3.57.